The Hall–Kier alpha value is -1.99. The lowest BCUT2D eigenvalue weighted by Crippen LogP contribution is -2.15. The standard InChI is InChI=1S/C12H9BrClN3O3/c1-7(13)5-9(8(2)14)12(18)16-10-6-15-4-3-11(10)17(19)20/h3-6H,1-2H2,(H,16,18)/b9-5+. The summed E-state index contributed by atoms with van der Waals surface area (Å²) in [4.78, 5) is 26.0. The van der Waals surface area contributed by atoms with E-state index in [1.807, 2.05) is 0 Å². The van der Waals surface area contributed by atoms with Crippen molar-refractivity contribution in [1.82, 2.24) is 4.98 Å². The van der Waals surface area contributed by atoms with Crippen LogP contribution < -0.4 is 5.32 Å². The van der Waals surface area contributed by atoms with Gasteiger partial charge in [0.1, 0.15) is 5.69 Å². The fraction of sp³-hybridized carbons (Fsp3) is 0. The number of hydrogen-bond donors (Lipinski definition) is 1. The summed E-state index contributed by atoms with van der Waals surface area (Å²) in [6, 6.07) is 1.18. The first-order valence-electron chi connectivity index (χ1n) is 5.13. The van der Waals surface area contributed by atoms with Crippen molar-refractivity contribution in [3.05, 3.63) is 62.9 Å². The lowest BCUT2D eigenvalue weighted by atomic mass is 10.2. The third kappa shape index (κ3) is 4.29. The normalized spacial score (nSPS) is 10.8. The molecule has 1 aromatic heterocycles. The van der Waals surface area contributed by atoms with Crippen LogP contribution in [0.5, 0.6) is 0 Å². The SMILES string of the molecule is C=C(Br)/C=C(\C(=C)Cl)C(=O)Nc1cnccc1[N+](=O)[O-]. The fourth-order valence-corrected chi connectivity index (χ4v) is 1.63. The summed E-state index contributed by atoms with van der Waals surface area (Å²) in [6.45, 7) is 7.01. The predicted octanol–water partition coefficient (Wildman–Crippen LogP) is 3.52. The molecular weight excluding hydrogens is 350 g/mol. The van der Waals surface area contributed by atoms with Gasteiger partial charge >= 0.3 is 0 Å². The van der Waals surface area contributed by atoms with Crippen molar-refractivity contribution in [2.75, 3.05) is 5.32 Å². The van der Waals surface area contributed by atoms with Gasteiger partial charge < -0.3 is 5.32 Å². The van der Waals surface area contributed by atoms with E-state index in [1.54, 1.807) is 0 Å². The van der Waals surface area contributed by atoms with Crippen molar-refractivity contribution < 1.29 is 9.72 Å². The molecule has 6 nitrogen and oxygen atoms in total. The van der Waals surface area contributed by atoms with Crippen LogP contribution in [0.2, 0.25) is 0 Å². The molecule has 0 saturated heterocycles. The minimum atomic E-state index is -0.651. The van der Waals surface area contributed by atoms with E-state index in [0.29, 0.717) is 4.48 Å². The maximum atomic E-state index is 12.0. The van der Waals surface area contributed by atoms with Crippen LogP contribution in [0.1, 0.15) is 0 Å². The number of nitrogens with one attached hydrogen (secondary N) is 1. The second kappa shape index (κ2) is 6.97. The Morgan fingerprint density at radius 1 is 1.55 bits per heavy atom. The van der Waals surface area contributed by atoms with Crippen molar-refractivity contribution in [2.45, 2.75) is 0 Å². The number of hydrogen-bond acceptors (Lipinski definition) is 4. The minimum absolute atomic E-state index is 0.0188. The first kappa shape index (κ1) is 16.1. The topological polar surface area (TPSA) is 85.1 Å². The van der Waals surface area contributed by atoms with E-state index in [0.717, 1.165) is 0 Å². The molecule has 104 valence electrons. The number of carbonyl (C=O) groups is 1. The molecule has 0 aliphatic rings. The number of allylic oxidation sites excluding steroid dienone is 2. The van der Waals surface area contributed by atoms with Crippen LogP contribution in [0, 0.1) is 10.1 Å². The van der Waals surface area contributed by atoms with Crippen LogP contribution in [-0.2, 0) is 4.79 Å². The summed E-state index contributed by atoms with van der Waals surface area (Å²) in [6.07, 6.45) is 3.78. The number of rotatable bonds is 5. The first-order chi connectivity index (χ1) is 9.32. The molecule has 1 N–H and O–H groups in total. The van der Waals surface area contributed by atoms with Gasteiger partial charge in [0.05, 0.1) is 16.7 Å². The quantitative estimate of drug-likeness (QED) is 0.378. The van der Waals surface area contributed by atoms with E-state index in [1.165, 1.54) is 24.5 Å². The van der Waals surface area contributed by atoms with Crippen LogP contribution in [0.4, 0.5) is 11.4 Å². The van der Waals surface area contributed by atoms with Gasteiger partial charge in [-0.15, -0.1) is 0 Å². The molecule has 0 bridgehead atoms. The fourth-order valence-electron chi connectivity index (χ4n) is 1.26. The number of aromatic nitrogens is 1. The van der Waals surface area contributed by atoms with E-state index < -0.39 is 10.8 Å². The summed E-state index contributed by atoms with van der Waals surface area (Å²) in [5, 5.41) is 13.2. The van der Waals surface area contributed by atoms with E-state index in [2.05, 4.69) is 39.4 Å². The molecule has 0 fully saturated rings. The Kier molecular flexibility index (Phi) is 5.60. The summed E-state index contributed by atoms with van der Waals surface area (Å²) >= 11 is 8.78. The maximum absolute atomic E-state index is 12.0. The summed E-state index contributed by atoms with van der Waals surface area (Å²) < 4.78 is 0.408. The molecule has 0 spiro atoms. The number of halogens is 2. The highest BCUT2D eigenvalue weighted by Gasteiger charge is 2.18. The molecule has 0 saturated carbocycles. The number of nitro groups is 1. The van der Waals surface area contributed by atoms with Gasteiger partial charge in [-0.2, -0.15) is 0 Å². The maximum Gasteiger partial charge on any atom is 0.295 e. The second-order valence-electron chi connectivity index (χ2n) is 3.51. The van der Waals surface area contributed by atoms with Gasteiger partial charge in [-0.05, 0) is 6.08 Å². The van der Waals surface area contributed by atoms with Crippen molar-refractivity contribution in [3.63, 3.8) is 0 Å². The van der Waals surface area contributed by atoms with Crippen LogP contribution >= 0.6 is 27.5 Å². The molecule has 1 amide bonds. The average molecular weight is 359 g/mol. The molecule has 20 heavy (non-hydrogen) atoms. The van der Waals surface area contributed by atoms with Crippen molar-refractivity contribution in [2.24, 2.45) is 0 Å². The van der Waals surface area contributed by atoms with Gasteiger partial charge in [0.25, 0.3) is 11.6 Å². The zero-order valence-electron chi connectivity index (χ0n) is 10.1. The number of carbonyl (C=O) groups excluding carboxylic acids is 1. The third-order valence-electron chi connectivity index (χ3n) is 2.08. The molecule has 0 unspecified atom stereocenters. The van der Waals surface area contributed by atoms with E-state index in [9.17, 15) is 14.9 Å². The monoisotopic (exact) mass is 357 g/mol. The van der Waals surface area contributed by atoms with E-state index in [4.69, 9.17) is 11.6 Å². The molecule has 0 aromatic carbocycles. The number of nitrogens with zero attached hydrogens (tertiary/aromatic N) is 2. The Bertz CT molecular complexity index is 628. The predicted molar refractivity (Wildman–Crippen MR) is 80.7 cm³/mol. The Labute approximate surface area is 128 Å². The van der Waals surface area contributed by atoms with Crippen LogP contribution in [0.3, 0.4) is 0 Å². The molecule has 1 rings (SSSR count). The highest BCUT2D eigenvalue weighted by molar-refractivity contribution is 9.11. The van der Waals surface area contributed by atoms with Gasteiger partial charge in [-0.1, -0.05) is 40.7 Å². The number of pyridine rings is 1. The first-order valence-corrected chi connectivity index (χ1v) is 6.30. The average Bonchev–Trinajstić information content (AvgIpc) is 2.35. The zero-order valence-corrected chi connectivity index (χ0v) is 12.4. The zero-order chi connectivity index (χ0) is 15.3. The summed E-state index contributed by atoms with van der Waals surface area (Å²) in [5.74, 6) is -0.651. The molecule has 0 aliphatic carbocycles. The molecule has 0 aliphatic heterocycles. The molecule has 0 atom stereocenters. The van der Waals surface area contributed by atoms with Gasteiger partial charge in [0, 0.05) is 21.8 Å². The van der Waals surface area contributed by atoms with Crippen LogP contribution in [-0.4, -0.2) is 15.8 Å². The minimum Gasteiger partial charge on any atom is -0.315 e. The number of amides is 1. The second-order valence-corrected chi connectivity index (χ2v) is 4.99. The van der Waals surface area contributed by atoms with Crippen molar-refractivity contribution in [1.29, 1.82) is 0 Å². The highest BCUT2D eigenvalue weighted by atomic mass is 79.9. The Balaban J connectivity index is 3.10. The molecular formula is C12H9BrClN3O3. The number of anilines is 1. The summed E-state index contributed by atoms with van der Waals surface area (Å²) in [5.41, 5.74) is -0.274. The van der Waals surface area contributed by atoms with E-state index in [-0.39, 0.29) is 22.0 Å². The molecule has 8 heteroatoms. The van der Waals surface area contributed by atoms with E-state index >= 15 is 0 Å². The van der Waals surface area contributed by atoms with Gasteiger partial charge in [-0.25, -0.2) is 0 Å². The lowest BCUT2D eigenvalue weighted by molar-refractivity contribution is -0.384. The third-order valence-corrected chi connectivity index (χ3v) is 2.51. The van der Waals surface area contributed by atoms with Gasteiger partial charge in [0.2, 0.25) is 0 Å². The lowest BCUT2D eigenvalue weighted by Gasteiger charge is -2.07. The highest BCUT2D eigenvalue weighted by Crippen LogP contribution is 2.24. The van der Waals surface area contributed by atoms with Gasteiger partial charge in [-0.3, -0.25) is 19.9 Å². The molecule has 1 aromatic rings. The largest absolute Gasteiger partial charge is 0.315 e. The smallest absolute Gasteiger partial charge is 0.295 e. The van der Waals surface area contributed by atoms with Crippen LogP contribution in [0.15, 0.2) is 52.8 Å². The van der Waals surface area contributed by atoms with Crippen LogP contribution in [0.25, 0.3) is 0 Å². The Morgan fingerprint density at radius 3 is 2.70 bits per heavy atom. The Morgan fingerprint density at radius 2 is 2.20 bits per heavy atom. The van der Waals surface area contributed by atoms with Crippen molar-refractivity contribution in [3.8, 4) is 0 Å². The van der Waals surface area contributed by atoms with Gasteiger partial charge in [0.15, 0.2) is 0 Å². The molecule has 1 heterocycles. The van der Waals surface area contributed by atoms with Crippen molar-refractivity contribution >= 4 is 44.8 Å². The molecule has 0 radical (unpaired) electrons. The summed E-state index contributed by atoms with van der Waals surface area (Å²) in [7, 11) is 0.